The van der Waals surface area contributed by atoms with Gasteiger partial charge in [0.05, 0.1) is 25.1 Å². The van der Waals surface area contributed by atoms with Crippen LogP contribution in [0.1, 0.15) is 30.5 Å². The lowest BCUT2D eigenvalue weighted by molar-refractivity contribution is 0.323. The molecule has 28 heavy (non-hydrogen) atoms. The zero-order chi connectivity index (χ0) is 19.9. The fraction of sp³-hybridized carbons (Fsp3) is 0.273. The molecule has 0 atom stereocenters. The molecule has 0 bridgehead atoms. The highest BCUT2D eigenvalue weighted by atomic mass is 32.1. The van der Waals surface area contributed by atoms with Gasteiger partial charge in [0.1, 0.15) is 11.5 Å². The normalized spacial score (nSPS) is 11.0. The third-order valence-corrected chi connectivity index (χ3v) is 4.87. The Morgan fingerprint density at radius 3 is 2.64 bits per heavy atom. The molecule has 0 unspecified atom stereocenters. The Hall–Kier alpha value is -2.86. The molecule has 0 aliphatic carbocycles. The van der Waals surface area contributed by atoms with E-state index in [1.165, 1.54) is 22.5 Å². The van der Waals surface area contributed by atoms with Gasteiger partial charge in [0.2, 0.25) is 5.13 Å². The molecule has 0 aliphatic heterocycles. The molecule has 0 amide bonds. The molecule has 1 aromatic heterocycles. The number of hydrogen-bond acceptors (Lipinski definition) is 6. The summed E-state index contributed by atoms with van der Waals surface area (Å²) in [5.41, 5.74) is 8.46. The molecular formula is C22H25N3O2S. The standard InChI is InChI=1S/C22H25N3O2S/c1-5-26-18-9-8-17(21(12-18)27-6-2)13-23-25-22-24-20(14-28-22)19-10-7-15(3)11-16(19)4/h7-14H,5-6H2,1-4H3,(H,24,25)/b23-13-. The van der Waals surface area contributed by atoms with Crippen molar-refractivity contribution in [2.75, 3.05) is 18.6 Å². The molecule has 2 aromatic carbocycles. The van der Waals surface area contributed by atoms with Gasteiger partial charge in [-0.25, -0.2) is 4.98 Å². The van der Waals surface area contributed by atoms with Gasteiger partial charge >= 0.3 is 0 Å². The summed E-state index contributed by atoms with van der Waals surface area (Å²) in [6.07, 6.45) is 1.74. The fourth-order valence-electron chi connectivity index (χ4n) is 2.87. The van der Waals surface area contributed by atoms with Crippen LogP contribution >= 0.6 is 11.3 Å². The minimum Gasteiger partial charge on any atom is -0.494 e. The quantitative estimate of drug-likeness (QED) is 0.394. The van der Waals surface area contributed by atoms with E-state index in [-0.39, 0.29) is 0 Å². The molecule has 0 saturated carbocycles. The highest BCUT2D eigenvalue weighted by molar-refractivity contribution is 7.14. The van der Waals surface area contributed by atoms with Crippen molar-refractivity contribution in [3.63, 3.8) is 0 Å². The van der Waals surface area contributed by atoms with Gasteiger partial charge in [0.25, 0.3) is 0 Å². The number of hydrazone groups is 1. The molecule has 5 nitrogen and oxygen atoms in total. The number of nitrogens with one attached hydrogen (secondary N) is 1. The lowest BCUT2D eigenvalue weighted by Crippen LogP contribution is -1.99. The van der Waals surface area contributed by atoms with Crippen LogP contribution in [0.15, 0.2) is 46.9 Å². The number of rotatable bonds is 8. The van der Waals surface area contributed by atoms with Crippen molar-refractivity contribution < 1.29 is 9.47 Å². The van der Waals surface area contributed by atoms with Gasteiger partial charge < -0.3 is 9.47 Å². The van der Waals surface area contributed by atoms with E-state index in [9.17, 15) is 0 Å². The van der Waals surface area contributed by atoms with Crippen LogP contribution in [0.4, 0.5) is 5.13 Å². The van der Waals surface area contributed by atoms with Gasteiger partial charge in [-0.2, -0.15) is 5.10 Å². The van der Waals surface area contributed by atoms with Crippen molar-refractivity contribution in [2.45, 2.75) is 27.7 Å². The van der Waals surface area contributed by atoms with Gasteiger partial charge in [-0.15, -0.1) is 11.3 Å². The predicted octanol–water partition coefficient (Wildman–Crippen LogP) is 5.67. The van der Waals surface area contributed by atoms with E-state index in [0.717, 1.165) is 33.5 Å². The van der Waals surface area contributed by atoms with Crippen LogP contribution in [0.25, 0.3) is 11.3 Å². The van der Waals surface area contributed by atoms with E-state index in [1.807, 2.05) is 37.4 Å². The van der Waals surface area contributed by atoms with Crippen molar-refractivity contribution in [2.24, 2.45) is 5.10 Å². The average Bonchev–Trinajstić information content (AvgIpc) is 3.12. The third-order valence-electron chi connectivity index (χ3n) is 4.12. The zero-order valence-electron chi connectivity index (χ0n) is 16.7. The Kier molecular flexibility index (Phi) is 6.66. The van der Waals surface area contributed by atoms with Gasteiger partial charge in [-0.05, 0) is 45.4 Å². The molecule has 1 heterocycles. The molecule has 1 N–H and O–H groups in total. The first kappa shape index (κ1) is 19.9. The van der Waals surface area contributed by atoms with Crippen molar-refractivity contribution in [1.29, 1.82) is 0 Å². The van der Waals surface area contributed by atoms with Gasteiger partial charge in [-0.3, -0.25) is 5.43 Å². The summed E-state index contributed by atoms with van der Waals surface area (Å²) in [5.74, 6) is 1.53. The number of ether oxygens (including phenoxy) is 2. The number of anilines is 1. The van der Waals surface area contributed by atoms with Crippen LogP contribution in [0.3, 0.4) is 0 Å². The van der Waals surface area contributed by atoms with Crippen molar-refractivity contribution in [3.05, 3.63) is 58.5 Å². The lowest BCUT2D eigenvalue weighted by Gasteiger charge is -2.09. The monoisotopic (exact) mass is 395 g/mol. The molecule has 0 saturated heterocycles. The second-order valence-electron chi connectivity index (χ2n) is 6.29. The van der Waals surface area contributed by atoms with E-state index >= 15 is 0 Å². The number of aryl methyl sites for hydroxylation is 2. The number of hydrogen-bond donors (Lipinski definition) is 1. The fourth-order valence-corrected chi connectivity index (χ4v) is 3.52. The highest BCUT2D eigenvalue weighted by Gasteiger charge is 2.07. The van der Waals surface area contributed by atoms with Gasteiger partial charge in [-0.1, -0.05) is 23.8 Å². The van der Waals surface area contributed by atoms with Crippen molar-refractivity contribution in [3.8, 4) is 22.8 Å². The molecule has 0 aliphatic rings. The Morgan fingerprint density at radius 2 is 1.89 bits per heavy atom. The minimum atomic E-state index is 0.579. The van der Waals surface area contributed by atoms with Crippen molar-refractivity contribution >= 4 is 22.7 Å². The highest BCUT2D eigenvalue weighted by Crippen LogP contribution is 2.28. The molecular weight excluding hydrogens is 370 g/mol. The minimum absolute atomic E-state index is 0.579. The van der Waals surface area contributed by atoms with Gasteiger partial charge in [0, 0.05) is 22.6 Å². The first-order valence-electron chi connectivity index (χ1n) is 9.32. The smallest absolute Gasteiger partial charge is 0.203 e. The number of nitrogens with zero attached hydrogens (tertiary/aromatic N) is 2. The molecule has 0 spiro atoms. The SMILES string of the molecule is CCOc1ccc(/C=N\Nc2nc(-c3ccc(C)cc3C)cs2)c(OCC)c1. The average molecular weight is 396 g/mol. The maximum absolute atomic E-state index is 5.70. The van der Waals surface area contributed by atoms with E-state index in [0.29, 0.717) is 13.2 Å². The summed E-state index contributed by atoms with van der Waals surface area (Å²) < 4.78 is 11.2. The molecule has 6 heteroatoms. The number of benzene rings is 2. The van der Waals surface area contributed by atoms with E-state index in [4.69, 9.17) is 9.47 Å². The van der Waals surface area contributed by atoms with Gasteiger partial charge in [0.15, 0.2) is 0 Å². The second kappa shape index (κ2) is 9.37. The zero-order valence-corrected chi connectivity index (χ0v) is 17.5. The topological polar surface area (TPSA) is 55.7 Å². The van der Waals surface area contributed by atoms with E-state index in [2.05, 4.69) is 47.6 Å². The second-order valence-corrected chi connectivity index (χ2v) is 7.15. The van der Waals surface area contributed by atoms with E-state index < -0.39 is 0 Å². The van der Waals surface area contributed by atoms with Crippen LogP contribution in [0, 0.1) is 13.8 Å². The summed E-state index contributed by atoms with van der Waals surface area (Å²) in [5, 5.41) is 7.11. The summed E-state index contributed by atoms with van der Waals surface area (Å²) >= 11 is 1.53. The molecule has 0 fully saturated rings. The maximum atomic E-state index is 5.70. The summed E-state index contributed by atoms with van der Waals surface area (Å²) in [6, 6.07) is 12.1. The first-order chi connectivity index (χ1) is 13.6. The molecule has 3 rings (SSSR count). The largest absolute Gasteiger partial charge is 0.494 e. The maximum Gasteiger partial charge on any atom is 0.203 e. The first-order valence-corrected chi connectivity index (χ1v) is 10.2. The Bertz CT molecular complexity index is 966. The summed E-state index contributed by atoms with van der Waals surface area (Å²) in [4.78, 5) is 4.64. The van der Waals surface area contributed by atoms with Crippen LogP contribution in [-0.2, 0) is 0 Å². The lowest BCUT2D eigenvalue weighted by atomic mass is 10.0. The predicted molar refractivity (Wildman–Crippen MR) is 117 cm³/mol. The van der Waals surface area contributed by atoms with Crippen LogP contribution in [0.2, 0.25) is 0 Å². The Balaban J connectivity index is 1.72. The summed E-state index contributed by atoms with van der Waals surface area (Å²) in [6.45, 7) is 9.31. The molecule has 146 valence electrons. The number of thiazole rings is 1. The van der Waals surface area contributed by atoms with Crippen molar-refractivity contribution in [1.82, 2.24) is 4.98 Å². The third kappa shape index (κ3) is 4.89. The number of aromatic nitrogens is 1. The Labute approximate surface area is 170 Å². The molecule has 0 radical (unpaired) electrons. The van der Waals surface area contributed by atoms with E-state index in [1.54, 1.807) is 6.21 Å². The van der Waals surface area contributed by atoms with Crippen LogP contribution < -0.4 is 14.9 Å². The molecule has 3 aromatic rings. The Morgan fingerprint density at radius 1 is 1.07 bits per heavy atom. The summed E-state index contributed by atoms with van der Waals surface area (Å²) in [7, 11) is 0. The van der Waals surface area contributed by atoms with Crippen LogP contribution in [-0.4, -0.2) is 24.4 Å². The van der Waals surface area contributed by atoms with Crippen LogP contribution in [0.5, 0.6) is 11.5 Å².